The molecule has 1 aliphatic heterocycles. The summed E-state index contributed by atoms with van der Waals surface area (Å²) in [7, 11) is -3.80. The molecule has 162 valence electrons. The van der Waals surface area contributed by atoms with Crippen LogP contribution >= 0.6 is 11.6 Å². The number of piperidine rings is 1. The molecule has 1 N–H and O–H groups in total. The fourth-order valence-corrected chi connectivity index (χ4v) is 5.28. The quantitative estimate of drug-likeness (QED) is 0.733. The van der Waals surface area contributed by atoms with Gasteiger partial charge in [0.15, 0.2) is 0 Å². The van der Waals surface area contributed by atoms with Crippen molar-refractivity contribution in [2.45, 2.75) is 23.0 Å². The van der Waals surface area contributed by atoms with Gasteiger partial charge in [-0.25, -0.2) is 13.2 Å². The molecular formula is C18H19ClF2N4O4S. The molecule has 1 saturated heterocycles. The van der Waals surface area contributed by atoms with Crippen molar-refractivity contribution in [2.24, 2.45) is 5.92 Å². The third kappa shape index (κ3) is 4.17. The lowest BCUT2D eigenvalue weighted by Gasteiger charge is -2.35. The topological polar surface area (TPSA) is 101 Å². The zero-order valence-corrected chi connectivity index (χ0v) is 17.5. The molecule has 30 heavy (non-hydrogen) atoms. The second kappa shape index (κ2) is 8.68. The average molecular weight is 461 g/mol. The Kier molecular flexibility index (Phi) is 6.41. The van der Waals surface area contributed by atoms with E-state index in [1.54, 1.807) is 0 Å². The molecule has 0 bridgehead atoms. The Labute approximate surface area is 177 Å². The van der Waals surface area contributed by atoms with Crippen molar-refractivity contribution in [1.29, 1.82) is 0 Å². The summed E-state index contributed by atoms with van der Waals surface area (Å²) in [6, 6.07) is 4.75. The predicted molar refractivity (Wildman–Crippen MR) is 105 cm³/mol. The zero-order valence-electron chi connectivity index (χ0n) is 15.9. The SMILES string of the molecule is COc1cccc(S(=O)(=O)C(F)(F)C2CCN(C(=O)Nc3ccnnc3)CC2)c1Cl. The van der Waals surface area contributed by atoms with Crippen LogP contribution in [0.5, 0.6) is 5.75 Å². The fraction of sp³-hybridized carbons (Fsp3) is 0.389. The normalized spacial score (nSPS) is 15.7. The van der Waals surface area contributed by atoms with E-state index >= 15 is 8.78 Å². The molecule has 8 nitrogen and oxygen atoms in total. The Morgan fingerprint density at radius 1 is 1.27 bits per heavy atom. The van der Waals surface area contributed by atoms with Crippen molar-refractivity contribution in [1.82, 2.24) is 15.1 Å². The minimum Gasteiger partial charge on any atom is -0.495 e. The minimum absolute atomic E-state index is 0.00867. The van der Waals surface area contributed by atoms with Gasteiger partial charge < -0.3 is 15.0 Å². The Hall–Kier alpha value is -2.53. The fourth-order valence-electron chi connectivity index (χ4n) is 3.21. The van der Waals surface area contributed by atoms with Gasteiger partial charge in [-0.2, -0.15) is 19.0 Å². The second-order valence-corrected chi connectivity index (χ2v) is 9.03. The highest BCUT2D eigenvalue weighted by Crippen LogP contribution is 2.44. The van der Waals surface area contributed by atoms with Gasteiger partial charge in [-0.1, -0.05) is 17.7 Å². The smallest absolute Gasteiger partial charge is 0.352 e. The Morgan fingerprint density at radius 2 is 1.97 bits per heavy atom. The van der Waals surface area contributed by atoms with Crippen molar-refractivity contribution < 1.29 is 26.7 Å². The van der Waals surface area contributed by atoms with Crippen LogP contribution in [0.4, 0.5) is 19.3 Å². The molecule has 12 heteroatoms. The maximum atomic E-state index is 15.0. The lowest BCUT2D eigenvalue weighted by molar-refractivity contribution is 0.000422. The predicted octanol–water partition coefficient (Wildman–Crippen LogP) is 3.45. The number of alkyl halides is 2. The van der Waals surface area contributed by atoms with E-state index in [0.717, 1.165) is 6.07 Å². The molecule has 1 aromatic heterocycles. The highest BCUT2D eigenvalue weighted by molar-refractivity contribution is 7.92. The summed E-state index contributed by atoms with van der Waals surface area (Å²) in [6.07, 6.45) is 2.38. The monoisotopic (exact) mass is 460 g/mol. The molecule has 2 aromatic rings. The first-order valence-electron chi connectivity index (χ1n) is 8.96. The van der Waals surface area contributed by atoms with Crippen molar-refractivity contribution in [3.63, 3.8) is 0 Å². The number of hydrogen-bond donors (Lipinski definition) is 1. The van der Waals surface area contributed by atoms with Crippen LogP contribution in [0.25, 0.3) is 0 Å². The molecule has 3 rings (SSSR count). The molecule has 0 spiro atoms. The first kappa shape index (κ1) is 22.2. The van der Waals surface area contributed by atoms with Gasteiger partial charge in [0.25, 0.3) is 0 Å². The number of amides is 2. The number of ether oxygens (including phenoxy) is 1. The third-order valence-electron chi connectivity index (χ3n) is 4.89. The minimum atomic E-state index is -5.07. The molecule has 1 aliphatic rings. The van der Waals surface area contributed by atoms with Crippen LogP contribution in [0.1, 0.15) is 12.8 Å². The number of nitrogens with zero attached hydrogens (tertiary/aromatic N) is 3. The standard InChI is InChI=1S/C18H19ClF2N4O4S/c1-29-14-3-2-4-15(16(14)19)30(27,28)18(20,21)12-6-9-25(10-7-12)17(26)24-13-5-8-22-23-11-13/h2-5,8,11-12H,6-7,9-10H2,1H3,(H,22,24,26). The summed E-state index contributed by atoms with van der Waals surface area (Å²) in [4.78, 5) is 13.0. The van der Waals surface area contributed by atoms with E-state index in [1.807, 2.05) is 0 Å². The number of anilines is 1. The molecule has 0 saturated carbocycles. The third-order valence-corrected chi connectivity index (χ3v) is 7.36. The van der Waals surface area contributed by atoms with E-state index in [4.69, 9.17) is 16.3 Å². The maximum absolute atomic E-state index is 15.0. The highest BCUT2D eigenvalue weighted by atomic mass is 35.5. The number of benzene rings is 1. The summed E-state index contributed by atoms with van der Waals surface area (Å²) >= 11 is 5.97. The van der Waals surface area contributed by atoms with Crippen molar-refractivity contribution in [3.8, 4) is 5.75 Å². The van der Waals surface area contributed by atoms with E-state index < -0.39 is 31.9 Å². The summed E-state index contributed by atoms with van der Waals surface area (Å²) in [6.45, 7) is -0.0437. The zero-order chi connectivity index (χ0) is 21.9. The second-order valence-electron chi connectivity index (χ2n) is 6.66. The Bertz CT molecular complexity index is 1020. The maximum Gasteiger partial charge on any atom is 0.352 e. The van der Waals surface area contributed by atoms with Gasteiger partial charge in [0.2, 0.25) is 9.84 Å². The van der Waals surface area contributed by atoms with Gasteiger partial charge in [0.1, 0.15) is 10.8 Å². The number of rotatable bonds is 5. The lowest BCUT2D eigenvalue weighted by Crippen LogP contribution is -2.47. The average Bonchev–Trinajstić information content (AvgIpc) is 2.74. The van der Waals surface area contributed by atoms with Gasteiger partial charge in [-0.05, 0) is 31.0 Å². The van der Waals surface area contributed by atoms with Crippen LogP contribution in [-0.2, 0) is 9.84 Å². The van der Waals surface area contributed by atoms with Crippen molar-refractivity contribution in [3.05, 3.63) is 41.7 Å². The molecule has 1 fully saturated rings. The number of carbonyl (C=O) groups is 1. The van der Waals surface area contributed by atoms with Gasteiger partial charge in [0.05, 0.1) is 30.1 Å². The lowest BCUT2D eigenvalue weighted by atomic mass is 9.97. The van der Waals surface area contributed by atoms with Crippen LogP contribution in [0.15, 0.2) is 41.6 Å². The number of sulfone groups is 1. The molecule has 2 amide bonds. The van der Waals surface area contributed by atoms with Crippen LogP contribution < -0.4 is 10.1 Å². The molecule has 0 radical (unpaired) electrons. The van der Waals surface area contributed by atoms with E-state index in [0.29, 0.717) is 5.69 Å². The van der Waals surface area contributed by atoms with Crippen molar-refractivity contribution in [2.75, 3.05) is 25.5 Å². The summed E-state index contributed by atoms with van der Waals surface area (Å²) in [5.41, 5.74) is 0.415. The largest absolute Gasteiger partial charge is 0.495 e. The summed E-state index contributed by atoms with van der Waals surface area (Å²) in [5, 5.41) is 5.38. The number of hydrogen-bond acceptors (Lipinski definition) is 6. The molecule has 1 aromatic carbocycles. The Morgan fingerprint density at radius 3 is 2.57 bits per heavy atom. The van der Waals surface area contributed by atoms with Gasteiger partial charge >= 0.3 is 11.3 Å². The van der Waals surface area contributed by atoms with Crippen LogP contribution in [0.2, 0.25) is 5.02 Å². The molecule has 2 heterocycles. The number of carbonyl (C=O) groups excluding carboxylic acids is 1. The number of urea groups is 1. The molecule has 0 atom stereocenters. The van der Waals surface area contributed by atoms with Gasteiger partial charge in [-0.3, -0.25) is 0 Å². The molecular weight excluding hydrogens is 442 g/mol. The Balaban J connectivity index is 1.72. The van der Waals surface area contributed by atoms with E-state index in [-0.39, 0.29) is 36.7 Å². The van der Waals surface area contributed by atoms with E-state index in [9.17, 15) is 13.2 Å². The van der Waals surface area contributed by atoms with Crippen molar-refractivity contribution >= 4 is 33.2 Å². The number of nitrogens with one attached hydrogen (secondary N) is 1. The first-order chi connectivity index (χ1) is 14.2. The van der Waals surface area contributed by atoms with E-state index in [2.05, 4.69) is 15.5 Å². The first-order valence-corrected chi connectivity index (χ1v) is 10.8. The van der Waals surface area contributed by atoms with E-state index in [1.165, 1.54) is 42.6 Å². The number of likely N-dealkylation sites (tertiary alicyclic amines) is 1. The number of aromatic nitrogens is 2. The molecule has 0 unspecified atom stereocenters. The summed E-state index contributed by atoms with van der Waals surface area (Å²) < 4.78 is 60.4. The summed E-state index contributed by atoms with van der Waals surface area (Å²) in [5.74, 6) is -1.47. The van der Waals surface area contributed by atoms with Gasteiger partial charge in [-0.15, -0.1) is 0 Å². The number of methoxy groups -OCH3 is 1. The van der Waals surface area contributed by atoms with Crippen LogP contribution in [0.3, 0.4) is 0 Å². The highest BCUT2D eigenvalue weighted by Gasteiger charge is 2.54. The van der Waals surface area contributed by atoms with Crippen LogP contribution in [0, 0.1) is 5.92 Å². The van der Waals surface area contributed by atoms with Gasteiger partial charge in [0, 0.05) is 19.0 Å². The number of halogens is 3. The van der Waals surface area contributed by atoms with Crippen LogP contribution in [-0.4, -0.2) is 55.0 Å². The molecule has 0 aliphatic carbocycles.